The number of halogens is 1. The van der Waals surface area contributed by atoms with E-state index in [1.54, 1.807) is 0 Å². The number of hydrogen-bond acceptors (Lipinski definition) is 1. The predicted octanol–water partition coefficient (Wildman–Crippen LogP) is 4.05. The van der Waals surface area contributed by atoms with Gasteiger partial charge in [0.05, 0.1) is 5.70 Å². The van der Waals surface area contributed by atoms with Crippen LogP contribution in [0, 0.1) is 5.92 Å². The molecule has 0 bridgehead atoms. The van der Waals surface area contributed by atoms with Crippen LogP contribution in [0.3, 0.4) is 0 Å². The molecule has 0 unspecified atom stereocenters. The zero-order chi connectivity index (χ0) is 12.1. The molecular weight excluding hydrogens is 201 g/mol. The van der Waals surface area contributed by atoms with E-state index >= 15 is 0 Å². The molecule has 1 nitrogen and oxygen atoms in total. The topological polar surface area (TPSA) is 3.24 Å². The van der Waals surface area contributed by atoms with Gasteiger partial charge in [-0.2, -0.15) is 0 Å². The molecule has 1 rings (SSSR count). The Labute approximate surface area is 98.3 Å². The molecule has 0 aromatic carbocycles. The van der Waals surface area contributed by atoms with E-state index in [9.17, 15) is 4.39 Å². The van der Waals surface area contributed by atoms with Crippen molar-refractivity contribution in [3.8, 4) is 0 Å². The quantitative estimate of drug-likeness (QED) is 0.652. The fraction of sp³-hybridized carbons (Fsp3) is 0.571. The lowest BCUT2D eigenvalue weighted by atomic mass is 9.99. The van der Waals surface area contributed by atoms with Gasteiger partial charge in [-0.1, -0.05) is 25.2 Å². The third-order valence-corrected chi connectivity index (χ3v) is 2.89. The summed E-state index contributed by atoms with van der Waals surface area (Å²) in [6.45, 7) is 11.5. The van der Waals surface area contributed by atoms with Crippen molar-refractivity contribution in [3.63, 3.8) is 0 Å². The van der Waals surface area contributed by atoms with Crippen molar-refractivity contribution < 1.29 is 4.39 Å². The molecule has 2 heteroatoms. The summed E-state index contributed by atoms with van der Waals surface area (Å²) in [5.74, 6) is 0.491. The van der Waals surface area contributed by atoms with Crippen molar-refractivity contribution in [2.45, 2.75) is 33.6 Å². The van der Waals surface area contributed by atoms with E-state index in [4.69, 9.17) is 0 Å². The summed E-state index contributed by atoms with van der Waals surface area (Å²) in [7, 11) is 0. The van der Waals surface area contributed by atoms with Gasteiger partial charge in [-0.3, -0.25) is 0 Å². The largest absolute Gasteiger partial charge is 0.369 e. The van der Waals surface area contributed by atoms with E-state index in [0.717, 1.165) is 30.8 Å². The SMILES string of the molecule is C=C(C)/C=C(F)\C(=C/C)N1CCC[C@H](C)C1. The van der Waals surface area contributed by atoms with E-state index < -0.39 is 0 Å². The Morgan fingerprint density at radius 2 is 2.19 bits per heavy atom. The van der Waals surface area contributed by atoms with Crippen molar-refractivity contribution in [1.82, 2.24) is 4.90 Å². The number of nitrogens with zero attached hydrogens (tertiary/aromatic N) is 1. The van der Waals surface area contributed by atoms with Gasteiger partial charge in [0.1, 0.15) is 5.83 Å². The van der Waals surface area contributed by atoms with E-state index in [1.807, 2.05) is 19.9 Å². The first-order valence-electron chi connectivity index (χ1n) is 5.99. The molecule has 90 valence electrons. The molecule has 0 saturated carbocycles. The first kappa shape index (κ1) is 13.0. The fourth-order valence-electron chi connectivity index (χ4n) is 2.17. The molecule has 1 fully saturated rings. The minimum absolute atomic E-state index is 0.163. The molecule has 1 aliphatic heterocycles. The monoisotopic (exact) mass is 223 g/mol. The van der Waals surface area contributed by atoms with Gasteiger partial charge in [-0.15, -0.1) is 0 Å². The molecule has 0 amide bonds. The van der Waals surface area contributed by atoms with Gasteiger partial charge >= 0.3 is 0 Å². The van der Waals surface area contributed by atoms with Gasteiger partial charge in [0, 0.05) is 13.1 Å². The highest BCUT2D eigenvalue weighted by atomic mass is 19.1. The third kappa shape index (κ3) is 3.51. The number of hydrogen-bond donors (Lipinski definition) is 0. The van der Waals surface area contributed by atoms with Crippen LogP contribution in [0.25, 0.3) is 0 Å². The summed E-state index contributed by atoms with van der Waals surface area (Å²) in [6, 6.07) is 0. The van der Waals surface area contributed by atoms with E-state index in [-0.39, 0.29) is 5.83 Å². The molecule has 1 saturated heterocycles. The Balaban J connectivity index is 2.78. The van der Waals surface area contributed by atoms with Crippen LogP contribution < -0.4 is 0 Å². The lowest BCUT2D eigenvalue weighted by molar-refractivity contribution is 0.226. The zero-order valence-corrected chi connectivity index (χ0v) is 10.6. The summed E-state index contributed by atoms with van der Waals surface area (Å²) in [5.41, 5.74) is 1.47. The molecule has 0 spiro atoms. The third-order valence-electron chi connectivity index (χ3n) is 2.89. The zero-order valence-electron chi connectivity index (χ0n) is 10.6. The Kier molecular flexibility index (Phi) is 4.78. The number of allylic oxidation sites excluding steroid dienone is 4. The Morgan fingerprint density at radius 3 is 2.69 bits per heavy atom. The van der Waals surface area contributed by atoms with E-state index in [0.29, 0.717) is 5.92 Å². The highest BCUT2D eigenvalue weighted by Crippen LogP contribution is 2.24. The molecule has 0 aliphatic carbocycles. The normalized spacial score (nSPS) is 23.5. The Morgan fingerprint density at radius 1 is 1.50 bits per heavy atom. The smallest absolute Gasteiger partial charge is 0.146 e. The molecule has 0 N–H and O–H groups in total. The van der Waals surface area contributed by atoms with Crippen LogP contribution in [0.4, 0.5) is 4.39 Å². The van der Waals surface area contributed by atoms with Crippen LogP contribution in [0.1, 0.15) is 33.6 Å². The van der Waals surface area contributed by atoms with Crippen LogP contribution in [0.15, 0.2) is 35.8 Å². The summed E-state index contributed by atoms with van der Waals surface area (Å²) >= 11 is 0. The average molecular weight is 223 g/mol. The average Bonchev–Trinajstić information content (AvgIpc) is 2.17. The first-order valence-corrected chi connectivity index (χ1v) is 5.99. The lowest BCUT2D eigenvalue weighted by Gasteiger charge is -2.34. The first-order chi connectivity index (χ1) is 7.54. The summed E-state index contributed by atoms with van der Waals surface area (Å²) in [5, 5.41) is 0. The van der Waals surface area contributed by atoms with Gasteiger partial charge in [0.2, 0.25) is 0 Å². The van der Waals surface area contributed by atoms with Crippen LogP contribution in [-0.2, 0) is 0 Å². The van der Waals surface area contributed by atoms with Crippen LogP contribution in [0.5, 0.6) is 0 Å². The van der Waals surface area contributed by atoms with Gasteiger partial charge in [0.15, 0.2) is 0 Å². The maximum Gasteiger partial charge on any atom is 0.146 e. The standard InChI is InChI=1S/C14H22FN/c1-5-14(13(15)9-11(2)3)16-8-6-7-12(4)10-16/h5,9,12H,2,6-8,10H2,1,3-4H3/b13-9+,14-5+/t12-/m0/s1. The molecular formula is C14H22FN. The molecule has 1 aliphatic rings. The summed E-state index contributed by atoms with van der Waals surface area (Å²) in [4.78, 5) is 2.14. The van der Waals surface area contributed by atoms with Crippen LogP contribution in [0.2, 0.25) is 0 Å². The van der Waals surface area contributed by atoms with Gasteiger partial charge in [0.25, 0.3) is 0 Å². The molecule has 1 heterocycles. The van der Waals surface area contributed by atoms with Crippen molar-refractivity contribution >= 4 is 0 Å². The second-order valence-electron chi connectivity index (χ2n) is 4.71. The maximum atomic E-state index is 13.9. The predicted molar refractivity (Wildman–Crippen MR) is 67.7 cm³/mol. The minimum Gasteiger partial charge on any atom is -0.369 e. The number of rotatable bonds is 3. The van der Waals surface area contributed by atoms with Crippen molar-refractivity contribution in [1.29, 1.82) is 0 Å². The molecule has 16 heavy (non-hydrogen) atoms. The lowest BCUT2D eigenvalue weighted by Crippen LogP contribution is -2.33. The molecule has 0 radical (unpaired) electrons. The highest BCUT2D eigenvalue weighted by molar-refractivity contribution is 5.30. The van der Waals surface area contributed by atoms with E-state index in [1.165, 1.54) is 12.5 Å². The maximum absolute atomic E-state index is 13.9. The second kappa shape index (κ2) is 5.88. The van der Waals surface area contributed by atoms with Crippen LogP contribution in [-0.4, -0.2) is 18.0 Å². The number of likely N-dealkylation sites (tertiary alicyclic amines) is 1. The summed E-state index contributed by atoms with van der Waals surface area (Å²) in [6.07, 6.45) is 5.76. The Bertz CT molecular complexity index is 315. The summed E-state index contributed by atoms with van der Waals surface area (Å²) < 4.78 is 13.9. The molecule has 0 aromatic heterocycles. The van der Waals surface area contributed by atoms with Crippen LogP contribution >= 0.6 is 0 Å². The van der Waals surface area contributed by atoms with Crippen molar-refractivity contribution in [2.24, 2.45) is 5.92 Å². The van der Waals surface area contributed by atoms with Gasteiger partial charge in [-0.25, -0.2) is 4.39 Å². The van der Waals surface area contributed by atoms with Gasteiger partial charge < -0.3 is 4.90 Å². The molecule has 0 aromatic rings. The van der Waals surface area contributed by atoms with Gasteiger partial charge in [-0.05, 0) is 38.7 Å². The second-order valence-corrected chi connectivity index (χ2v) is 4.71. The highest BCUT2D eigenvalue weighted by Gasteiger charge is 2.20. The van der Waals surface area contributed by atoms with Crippen molar-refractivity contribution in [2.75, 3.05) is 13.1 Å². The minimum atomic E-state index is -0.163. The molecule has 1 atom stereocenters. The van der Waals surface area contributed by atoms with E-state index in [2.05, 4.69) is 18.4 Å². The Hall–Kier alpha value is -1.05. The number of piperidine rings is 1. The fourth-order valence-corrected chi connectivity index (χ4v) is 2.17. The van der Waals surface area contributed by atoms with Crippen molar-refractivity contribution in [3.05, 3.63) is 35.8 Å².